The lowest BCUT2D eigenvalue weighted by Crippen LogP contribution is -2.39. The quantitative estimate of drug-likeness (QED) is 0.690. The second-order valence-electron chi connectivity index (χ2n) is 6.35. The third-order valence-electron chi connectivity index (χ3n) is 4.50. The maximum Gasteiger partial charge on any atom is 0.276 e. The smallest absolute Gasteiger partial charge is 0.276 e. The molecule has 1 amide bonds. The van der Waals surface area contributed by atoms with Gasteiger partial charge in [-0.1, -0.05) is 17.7 Å². The first-order chi connectivity index (χ1) is 13.0. The van der Waals surface area contributed by atoms with Gasteiger partial charge in [0.15, 0.2) is 5.69 Å². The zero-order chi connectivity index (χ0) is 19.4. The van der Waals surface area contributed by atoms with Crippen LogP contribution in [0.4, 0.5) is 10.1 Å². The van der Waals surface area contributed by atoms with Gasteiger partial charge < -0.3 is 10.7 Å². The van der Waals surface area contributed by atoms with Gasteiger partial charge in [-0.05, 0) is 42.5 Å². The van der Waals surface area contributed by atoms with Crippen LogP contribution in [0.3, 0.4) is 0 Å². The number of para-hydroxylation sites is 1. The van der Waals surface area contributed by atoms with Crippen LogP contribution in [0.5, 0.6) is 0 Å². The second-order valence-corrected chi connectivity index (χ2v) is 6.65. The van der Waals surface area contributed by atoms with E-state index in [1.165, 1.54) is 17.7 Å². The number of rotatable bonds is 5. The van der Waals surface area contributed by atoms with Gasteiger partial charge in [0.2, 0.25) is 0 Å². The molecule has 0 aliphatic carbocycles. The summed E-state index contributed by atoms with van der Waals surface area (Å²) in [6.07, 6.45) is 2.67. The van der Waals surface area contributed by atoms with E-state index in [0.717, 1.165) is 24.2 Å². The lowest BCUT2D eigenvalue weighted by atomic mass is 9.99. The number of nitrogens with zero attached hydrogens (tertiary/aromatic N) is 3. The van der Waals surface area contributed by atoms with Crippen molar-refractivity contribution in [2.75, 3.05) is 18.4 Å². The van der Waals surface area contributed by atoms with Crippen molar-refractivity contribution in [3.8, 4) is 0 Å². The first-order valence-electron chi connectivity index (χ1n) is 8.59. The van der Waals surface area contributed by atoms with E-state index in [0.29, 0.717) is 6.54 Å². The van der Waals surface area contributed by atoms with Crippen LogP contribution >= 0.6 is 12.6 Å². The van der Waals surface area contributed by atoms with Crippen LogP contribution in [0.25, 0.3) is 5.57 Å². The minimum Gasteiger partial charge on any atom is -0.325 e. The van der Waals surface area contributed by atoms with Gasteiger partial charge >= 0.3 is 0 Å². The summed E-state index contributed by atoms with van der Waals surface area (Å²) < 4.78 is 15.5. The van der Waals surface area contributed by atoms with Gasteiger partial charge in [0, 0.05) is 26.3 Å². The fraction of sp³-hybridized carbons (Fsp3) is 0.263. The summed E-state index contributed by atoms with van der Waals surface area (Å²) in [5, 5.41) is 10.6. The van der Waals surface area contributed by atoms with Crippen LogP contribution in [-0.4, -0.2) is 33.8 Å². The standard InChI is InChI=1S/C19H22FN5OS/c1-13-7-9-25(21-8-10-27)12-14(13)18-11-17(23-24(18)2)19(26)22-16-6-4-3-5-15(16)20/h3-6,8,10-11,21,27H,7,9,12H2,1-2H3,(H,22,26)/b10-8-. The molecule has 1 aromatic heterocycles. The van der Waals surface area contributed by atoms with Crippen LogP contribution in [0.2, 0.25) is 0 Å². The monoisotopic (exact) mass is 387 g/mol. The van der Waals surface area contributed by atoms with E-state index in [9.17, 15) is 9.18 Å². The van der Waals surface area contributed by atoms with Crippen molar-refractivity contribution in [3.63, 3.8) is 0 Å². The molecule has 0 bridgehead atoms. The summed E-state index contributed by atoms with van der Waals surface area (Å²) >= 11 is 4.05. The number of carbonyl (C=O) groups excluding carboxylic acids is 1. The molecule has 2 aromatic rings. The van der Waals surface area contributed by atoms with E-state index in [2.05, 4.69) is 40.4 Å². The molecule has 0 radical (unpaired) electrons. The summed E-state index contributed by atoms with van der Waals surface area (Å²) in [5.74, 6) is -0.921. The highest BCUT2D eigenvalue weighted by atomic mass is 32.1. The molecule has 0 atom stereocenters. The highest BCUT2D eigenvalue weighted by Crippen LogP contribution is 2.26. The van der Waals surface area contributed by atoms with Crippen LogP contribution in [0.1, 0.15) is 29.5 Å². The number of nitrogens with one attached hydrogen (secondary N) is 2. The van der Waals surface area contributed by atoms with E-state index >= 15 is 0 Å². The molecule has 0 saturated carbocycles. The molecule has 1 aliphatic heterocycles. The molecule has 142 valence electrons. The number of amides is 1. The number of hydrogen-bond acceptors (Lipinski definition) is 5. The third kappa shape index (κ3) is 4.40. The summed E-state index contributed by atoms with van der Waals surface area (Å²) in [4.78, 5) is 12.5. The predicted octanol–water partition coefficient (Wildman–Crippen LogP) is 3.20. The Morgan fingerprint density at radius 3 is 2.89 bits per heavy atom. The fourth-order valence-electron chi connectivity index (χ4n) is 3.02. The molecular formula is C19H22FN5OS. The fourth-order valence-corrected chi connectivity index (χ4v) is 3.08. The van der Waals surface area contributed by atoms with Gasteiger partial charge in [0.1, 0.15) is 5.82 Å². The Kier molecular flexibility index (Phi) is 5.98. The summed E-state index contributed by atoms with van der Waals surface area (Å²) in [5.41, 5.74) is 6.79. The molecule has 0 spiro atoms. The molecule has 6 nitrogen and oxygen atoms in total. The van der Waals surface area contributed by atoms with Crippen molar-refractivity contribution in [1.29, 1.82) is 0 Å². The van der Waals surface area contributed by atoms with Crippen molar-refractivity contribution in [2.45, 2.75) is 13.3 Å². The summed E-state index contributed by atoms with van der Waals surface area (Å²) in [6.45, 7) is 3.65. The normalized spacial score (nSPS) is 15.4. The number of benzene rings is 1. The number of thiol groups is 1. The SMILES string of the molecule is CC1=C(c2cc(C(=O)Nc3ccccc3F)nn2C)CN(N/C=C\S)CC1. The Morgan fingerprint density at radius 1 is 1.37 bits per heavy atom. The van der Waals surface area contributed by atoms with Gasteiger partial charge in [-0.3, -0.25) is 9.48 Å². The van der Waals surface area contributed by atoms with Gasteiger partial charge in [-0.2, -0.15) is 5.10 Å². The number of halogens is 1. The van der Waals surface area contributed by atoms with E-state index < -0.39 is 11.7 Å². The van der Waals surface area contributed by atoms with Crippen molar-refractivity contribution in [2.24, 2.45) is 7.05 Å². The molecular weight excluding hydrogens is 365 g/mol. The number of hydrogen-bond donors (Lipinski definition) is 3. The first-order valence-corrected chi connectivity index (χ1v) is 9.10. The lowest BCUT2D eigenvalue weighted by molar-refractivity contribution is 0.102. The Bertz CT molecular complexity index is 905. The van der Waals surface area contributed by atoms with E-state index in [1.54, 1.807) is 41.5 Å². The highest BCUT2D eigenvalue weighted by molar-refractivity contribution is 7.83. The van der Waals surface area contributed by atoms with Crippen molar-refractivity contribution in [3.05, 3.63) is 64.7 Å². The van der Waals surface area contributed by atoms with Crippen molar-refractivity contribution in [1.82, 2.24) is 20.2 Å². The largest absolute Gasteiger partial charge is 0.325 e. The van der Waals surface area contributed by atoms with E-state index in [-0.39, 0.29) is 11.4 Å². The van der Waals surface area contributed by atoms with Gasteiger partial charge in [0.05, 0.1) is 11.4 Å². The number of aryl methyl sites for hydroxylation is 1. The predicted molar refractivity (Wildman–Crippen MR) is 108 cm³/mol. The molecule has 2 N–H and O–H groups in total. The molecule has 3 rings (SSSR count). The number of hydrazine groups is 1. The second kappa shape index (κ2) is 8.41. The van der Waals surface area contributed by atoms with E-state index in [4.69, 9.17) is 0 Å². The van der Waals surface area contributed by atoms with Crippen LogP contribution in [-0.2, 0) is 7.05 Å². The molecule has 0 saturated heterocycles. The average Bonchev–Trinajstić information content (AvgIpc) is 3.04. The topological polar surface area (TPSA) is 62.2 Å². The third-order valence-corrected chi connectivity index (χ3v) is 4.65. The molecule has 0 unspecified atom stereocenters. The molecule has 2 heterocycles. The minimum atomic E-state index is -0.480. The molecule has 8 heteroatoms. The molecule has 1 aromatic carbocycles. The zero-order valence-corrected chi connectivity index (χ0v) is 16.1. The maximum atomic E-state index is 13.8. The van der Waals surface area contributed by atoms with Crippen LogP contribution in [0, 0.1) is 5.82 Å². The lowest BCUT2D eigenvalue weighted by Gasteiger charge is -2.29. The highest BCUT2D eigenvalue weighted by Gasteiger charge is 2.22. The van der Waals surface area contributed by atoms with Crippen molar-refractivity contribution >= 4 is 29.8 Å². The molecule has 27 heavy (non-hydrogen) atoms. The maximum absolute atomic E-state index is 13.8. The Morgan fingerprint density at radius 2 is 2.15 bits per heavy atom. The number of carbonyl (C=O) groups is 1. The van der Waals surface area contributed by atoms with Gasteiger partial charge in [0.25, 0.3) is 5.91 Å². The number of aromatic nitrogens is 2. The summed E-state index contributed by atoms with van der Waals surface area (Å²) in [6, 6.07) is 7.80. The Hall–Kier alpha value is -2.58. The van der Waals surface area contributed by atoms with E-state index in [1.807, 2.05) is 0 Å². The Labute approximate surface area is 163 Å². The Balaban J connectivity index is 1.81. The number of anilines is 1. The van der Waals surface area contributed by atoms with Crippen molar-refractivity contribution < 1.29 is 9.18 Å². The average molecular weight is 387 g/mol. The molecule has 1 aliphatic rings. The first kappa shape index (κ1) is 19.2. The summed E-state index contributed by atoms with van der Waals surface area (Å²) in [7, 11) is 1.80. The van der Waals surface area contributed by atoms with Crippen LogP contribution in [0.15, 0.2) is 47.5 Å². The van der Waals surface area contributed by atoms with Gasteiger partial charge in [-0.25, -0.2) is 9.40 Å². The van der Waals surface area contributed by atoms with Crippen LogP contribution < -0.4 is 10.7 Å². The zero-order valence-electron chi connectivity index (χ0n) is 15.2. The minimum absolute atomic E-state index is 0.136. The molecule has 0 fully saturated rings. The van der Waals surface area contributed by atoms with Gasteiger partial charge in [-0.15, -0.1) is 12.6 Å².